The molecule has 0 spiro atoms. The highest BCUT2D eigenvalue weighted by molar-refractivity contribution is 8.00. The average molecular weight is 193 g/mol. The van der Waals surface area contributed by atoms with Gasteiger partial charge in [0.1, 0.15) is 0 Å². The maximum atomic E-state index is 5.75. The lowest BCUT2D eigenvalue weighted by atomic mass is 10.0. The summed E-state index contributed by atoms with van der Waals surface area (Å²) in [6.07, 6.45) is 7.17. The molecule has 11 heavy (non-hydrogen) atoms. The van der Waals surface area contributed by atoms with E-state index < -0.39 is 0 Å². The van der Waals surface area contributed by atoms with Crippen LogP contribution in [0.25, 0.3) is 0 Å². The number of hydrogen-bond acceptors (Lipinski definition) is 1. The van der Waals surface area contributed by atoms with Gasteiger partial charge in [-0.2, -0.15) is 11.8 Å². The number of alkyl halides is 1. The van der Waals surface area contributed by atoms with Crippen LogP contribution in [0.3, 0.4) is 0 Å². The molecule has 0 nitrogen and oxygen atoms in total. The molecule has 0 amide bonds. The van der Waals surface area contributed by atoms with Crippen molar-refractivity contribution in [2.45, 2.75) is 49.5 Å². The minimum absolute atomic E-state index is 0.653. The van der Waals surface area contributed by atoms with Crippen molar-refractivity contribution in [3.8, 4) is 0 Å². The quantitative estimate of drug-likeness (QED) is 0.615. The molecule has 0 bridgehead atoms. The molecule has 1 aliphatic carbocycles. The second kappa shape index (κ2) is 5.31. The van der Waals surface area contributed by atoms with Gasteiger partial charge in [-0.15, -0.1) is 11.6 Å². The maximum Gasteiger partial charge on any atom is 0.0340 e. The summed E-state index contributed by atoms with van der Waals surface area (Å²) in [6.45, 7) is 2.23. The highest BCUT2D eigenvalue weighted by Crippen LogP contribution is 2.31. The molecule has 0 aromatic heterocycles. The first-order valence-electron chi connectivity index (χ1n) is 4.54. The molecular formula is C9H17ClS. The van der Waals surface area contributed by atoms with E-state index in [9.17, 15) is 0 Å². The molecule has 2 heteroatoms. The van der Waals surface area contributed by atoms with Gasteiger partial charge in [0.25, 0.3) is 0 Å². The molecule has 0 aromatic carbocycles. The van der Waals surface area contributed by atoms with Crippen LogP contribution < -0.4 is 0 Å². The molecule has 1 fully saturated rings. The summed E-state index contributed by atoms with van der Waals surface area (Å²) in [7, 11) is 0. The molecule has 1 rings (SSSR count). The molecule has 0 radical (unpaired) electrons. The summed E-state index contributed by atoms with van der Waals surface area (Å²) in [4.78, 5) is 0. The Balaban J connectivity index is 2.13. The fourth-order valence-corrected chi connectivity index (χ4v) is 3.12. The summed E-state index contributed by atoms with van der Waals surface area (Å²) in [5, 5.41) is 1.57. The predicted octanol–water partition coefficient (Wildman–Crippen LogP) is 3.68. The summed E-state index contributed by atoms with van der Waals surface area (Å²) >= 11 is 7.84. The smallest absolute Gasteiger partial charge is 0.0340 e. The monoisotopic (exact) mass is 192 g/mol. The van der Waals surface area contributed by atoms with E-state index in [1.54, 1.807) is 0 Å². The van der Waals surface area contributed by atoms with Crippen molar-refractivity contribution in [1.29, 1.82) is 0 Å². The van der Waals surface area contributed by atoms with Gasteiger partial charge in [0, 0.05) is 16.4 Å². The maximum absolute atomic E-state index is 5.75. The van der Waals surface area contributed by atoms with Crippen LogP contribution in [-0.4, -0.2) is 16.4 Å². The van der Waals surface area contributed by atoms with Crippen molar-refractivity contribution < 1.29 is 0 Å². The first kappa shape index (κ1) is 9.73. The zero-order valence-electron chi connectivity index (χ0n) is 7.18. The molecule has 0 aliphatic heterocycles. The SMILES string of the molecule is CC(CCl)SC1CCCCC1. The van der Waals surface area contributed by atoms with E-state index in [1.807, 2.05) is 0 Å². The van der Waals surface area contributed by atoms with E-state index in [2.05, 4.69) is 18.7 Å². The highest BCUT2D eigenvalue weighted by Gasteiger charge is 2.15. The van der Waals surface area contributed by atoms with Crippen molar-refractivity contribution in [3.63, 3.8) is 0 Å². The lowest BCUT2D eigenvalue weighted by Crippen LogP contribution is -2.12. The van der Waals surface area contributed by atoms with Crippen LogP contribution in [0.15, 0.2) is 0 Å². The molecule has 1 saturated carbocycles. The highest BCUT2D eigenvalue weighted by atomic mass is 35.5. The standard InChI is InChI=1S/C9H17ClS/c1-8(7-10)11-9-5-3-2-4-6-9/h8-9H,2-7H2,1H3. The van der Waals surface area contributed by atoms with Gasteiger partial charge in [-0.3, -0.25) is 0 Å². The molecule has 1 aliphatic rings. The van der Waals surface area contributed by atoms with Gasteiger partial charge in [0.2, 0.25) is 0 Å². The van der Waals surface area contributed by atoms with E-state index in [0.29, 0.717) is 5.25 Å². The van der Waals surface area contributed by atoms with Gasteiger partial charge in [0.15, 0.2) is 0 Å². The molecule has 0 N–H and O–H groups in total. The largest absolute Gasteiger partial charge is 0.154 e. The van der Waals surface area contributed by atoms with E-state index in [1.165, 1.54) is 32.1 Å². The van der Waals surface area contributed by atoms with Gasteiger partial charge < -0.3 is 0 Å². The first-order valence-corrected chi connectivity index (χ1v) is 6.02. The third-order valence-electron chi connectivity index (χ3n) is 2.19. The van der Waals surface area contributed by atoms with Gasteiger partial charge in [0.05, 0.1) is 0 Å². The minimum atomic E-state index is 0.653. The molecule has 1 unspecified atom stereocenters. The van der Waals surface area contributed by atoms with Crippen molar-refractivity contribution in [2.24, 2.45) is 0 Å². The first-order chi connectivity index (χ1) is 5.33. The van der Waals surface area contributed by atoms with Crippen LogP contribution in [0.1, 0.15) is 39.0 Å². The van der Waals surface area contributed by atoms with Crippen molar-refractivity contribution in [2.75, 3.05) is 5.88 Å². The third kappa shape index (κ3) is 3.71. The summed E-state index contributed by atoms with van der Waals surface area (Å²) < 4.78 is 0. The third-order valence-corrected chi connectivity index (χ3v) is 4.33. The van der Waals surface area contributed by atoms with Crippen LogP contribution in [0.2, 0.25) is 0 Å². The number of halogens is 1. The Hall–Kier alpha value is 0.640. The van der Waals surface area contributed by atoms with Crippen LogP contribution in [0.4, 0.5) is 0 Å². The summed E-state index contributed by atoms with van der Waals surface area (Å²) in [5.74, 6) is 0.807. The Morgan fingerprint density at radius 2 is 2.00 bits per heavy atom. The Morgan fingerprint density at radius 1 is 1.36 bits per heavy atom. The van der Waals surface area contributed by atoms with Crippen LogP contribution in [0, 0.1) is 0 Å². The van der Waals surface area contributed by atoms with Crippen molar-refractivity contribution in [3.05, 3.63) is 0 Å². The molecule has 66 valence electrons. The van der Waals surface area contributed by atoms with Gasteiger partial charge in [-0.05, 0) is 12.8 Å². The normalized spacial score (nSPS) is 23.5. The number of rotatable bonds is 3. The Labute approximate surface area is 79.1 Å². The van der Waals surface area contributed by atoms with E-state index in [4.69, 9.17) is 11.6 Å². The predicted molar refractivity (Wildman–Crippen MR) is 54.6 cm³/mol. The molecule has 1 atom stereocenters. The summed E-state index contributed by atoms with van der Waals surface area (Å²) in [6, 6.07) is 0. The average Bonchev–Trinajstić information content (AvgIpc) is 2.06. The lowest BCUT2D eigenvalue weighted by molar-refractivity contribution is 0.515. The minimum Gasteiger partial charge on any atom is -0.154 e. The van der Waals surface area contributed by atoms with Crippen LogP contribution in [-0.2, 0) is 0 Å². The van der Waals surface area contributed by atoms with Crippen LogP contribution in [0.5, 0.6) is 0 Å². The fraction of sp³-hybridized carbons (Fsp3) is 1.00. The van der Waals surface area contributed by atoms with Gasteiger partial charge in [-0.25, -0.2) is 0 Å². The van der Waals surface area contributed by atoms with Crippen LogP contribution >= 0.6 is 23.4 Å². The molecule has 0 aromatic rings. The zero-order chi connectivity index (χ0) is 8.10. The second-order valence-corrected chi connectivity index (χ2v) is 5.41. The second-order valence-electron chi connectivity index (χ2n) is 3.36. The van der Waals surface area contributed by atoms with E-state index in [-0.39, 0.29) is 0 Å². The van der Waals surface area contributed by atoms with E-state index in [0.717, 1.165) is 11.1 Å². The molecule has 0 heterocycles. The van der Waals surface area contributed by atoms with Crippen molar-refractivity contribution in [1.82, 2.24) is 0 Å². The Bertz CT molecular complexity index is 99.7. The Morgan fingerprint density at radius 3 is 2.55 bits per heavy atom. The van der Waals surface area contributed by atoms with Gasteiger partial charge >= 0.3 is 0 Å². The van der Waals surface area contributed by atoms with Gasteiger partial charge in [-0.1, -0.05) is 26.2 Å². The Kier molecular flexibility index (Phi) is 4.70. The van der Waals surface area contributed by atoms with E-state index >= 15 is 0 Å². The topological polar surface area (TPSA) is 0 Å². The zero-order valence-corrected chi connectivity index (χ0v) is 8.76. The molecule has 0 saturated heterocycles. The number of hydrogen-bond donors (Lipinski definition) is 0. The molecular weight excluding hydrogens is 176 g/mol. The number of thioether (sulfide) groups is 1. The lowest BCUT2D eigenvalue weighted by Gasteiger charge is -2.23. The fourth-order valence-electron chi connectivity index (χ4n) is 1.57. The van der Waals surface area contributed by atoms with Crippen molar-refractivity contribution >= 4 is 23.4 Å². The summed E-state index contributed by atoms with van der Waals surface area (Å²) in [5.41, 5.74) is 0.